The maximum Gasteiger partial charge on any atom is 0.414 e. The van der Waals surface area contributed by atoms with Gasteiger partial charge in [-0.05, 0) is 43.8 Å². The number of hydrogen-bond acceptors (Lipinski definition) is 4. The summed E-state index contributed by atoms with van der Waals surface area (Å²) >= 11 is 0. The van der Waals surface area contributed by atoms with Gasteiger partial charge in [0.05, 0.1) is 6.54 Å². The van der Waals surface area contributed by atoms with Crippen LogP contribution in [-0.4, -0.2) is 48.2 Å². The molecule has 1 saturated carbocycles. The molecule has 3 fully saturated rings. The summed E-state index contributed by atoms with van der Waals surface area (Å²) in [5.74, 6) is 1.74. The van der Waals surface area contributed by atoms with Crippen molar-refractivity contribution in [3.05, 3.63) is 36.2 Å². The number of amides is 1. The first-order chi connectivity index (χ1) is 13.1. The highest BCUT2D eigenvalue weighted by atomic mass is 16.6. The number of ether oxygens (including phenoxy) is 1. The van der Waals surface area contributed by atoms with E-state index in [4.69, 9.17) is 10.5 Å². The fraction of sp³-hybridized carbons (Fsp3) is 0.682. The lowest BCUT2D eigenvalue weighted by Gasteiger charge is -2.42. The summed E-state index contributed by atoms with van der Waals surface area (Å²) in [5.41, 5.74) is 7.49. The number of piperidine rings is 1. The van der Waals surface area contributed by atoms with E-state index in [-0.39, 0.29) is 12.2 Å². The van der Waals surface area contributed by atoms with E-state index in [1.54, 1.807) is 4.90 Å². The lowest BCUT2D eigenvalue weighted by molar-refractivity contribution is 0.112. The van der Waals surface area contributed by atoms with Crippen LogP contribution < -0.4 is 5.73 Å². The van der Waals surface area contributed by atoms with Gasteiger partial charge in [-0.15, -0.1) is 0 Å². The van der Waals surface area contributed by atoms with Crippen molar-refractivity contribution >= 4 is 6.09 Å². The fourth-order valence-corrected chi connectivity index (χ4v) is 4.35. The van der Waals surface area contributed by atoms with E-state index in [0.29, 0.717) is 13.1 Å². The Balaban J connectivity index is 0.00000126. The van der Waals surface area contributed by atoms with Crippen molar-refractivity contribution in [1.82, 2.24) is 9.80 Å². The molecule has 2 saturated heterocycles. The summed E-state index contributed by atoms with van der Waals surface area (Å²) in [7, 11) is 0. The van der Waals surface area contributed by atoms with Crippen LogP contribution >= 0.6 is 0 Å². The molecular weight excluding hydrogens is 338 g/mol. The molecule has 2 aliphatic heterocycles. The van der Waals surface area contributed by atoms with Crippen LogP contribution in [0.25, 0.3) is 0 Å². The van der Waals surface area contributed by atoms with Crippen molar-refractivity contribution in [1.29, 1.82) is 0 Å². The molecule has 2 N–H and O–H groups in total. The van der Waals surface area contributed by atoms with Crippen molar-refractivity contribution in [2.45, 2.75) is 59.0 Å². The smallest absolute Gasteiger partial charge is 0.414 e. The summed E-state index contributed by atoms with van der Waals surface area (Å²) in [6, 6.07) is 0. The van der Waals surface area contributed by atoms with Crippen LogP contribution in [-0.2, 0) is 4.74 Å². The van der Waals surface area contributed by atoms with Gasteiger partial charge in [-0.3, -0.25) is 4.90 Å². The number of rotatable bonds is 5. The molecule has 0 aromatic rings. The Morgan fingerprint density at radius 2 is 1.89 bits per heavy atom. The number of likely N-dealkylation sites (tertiary alicyclic amines) is 1. The van der Waals surface area contributed by atoms with Gasteiger partial charge in [-0.25, -0.2) is 4.79 Å². The van der Waals surface area contributed by atoms with Crippen LogP contribution in [0.3, 0.4) is 0 Å². The zero-order valence-electron chi connectivity index (χ0n) is 17.3. The van der Waals surface area contributed by atoms with Gasteiger partial charge in [0.1, 0.15) is 6.10 Å². The lowest BCUT2D eigenvalue weighted by atomic mass is 9.75. The lowest BCUT2D eigenvalue weighted by Crippen LogP contribution is -2.40. The summed E-state index contributed by atoms with van der Waals surface area (Å²) in [6.45, 7) is 13.3. The molecular formula is C22H37N3O2. The number of cyclic esters (lactones) is 1. The van der Waals surface area contributed by atoms with Crippen molar-refractivity contribution in [2.75, 3.05) is 26.2 Å². The van der Waals surface area contributed by atoms with E-state index >= 15 is 0 Å². The first-order valence-electron chi connectivity index (χ1n) is 10.6. The summed E-state index contributed by atoms with van der Waals surface area (Å²) in [5, 5.41) is 0. The molecule has 0 bridgehead atoms. The summed E-state index contributed by atoms with van der Waals surface area (Å²) in [4.78, 5) is 16.0. The van der Waals surface area contributed by atoms with Gasteiger partial charge < -0.3 is 15.4 Å². The molecule has 0 aromatic heterocycles. The second-order valence-electron chi connectivity index (χ2n) is 7.43. The quantitative estimate of drug-likeness (QED) is 0.729. The van der Waals surface area contributed by atoms with Crippen molar-refractivity contribution in [3.63, 3.8) is 0 Å². The van der Waals surface area contributed by atoms with Crippen LogP contribution in [0.4, 0.5) is 4.79 Å². The molecule has 5 nitrogen and oxygen atoms in total. The minimum absolute atomic E-state index is 0.218. The maximum atomic E-state index is 12.0. The highest BCUT2D eigenvalue weighted by Gasteiger charge is 2.32. The van der Waals surface area contributed by atoms with Gasteiger partial charge in [-0.2, -0.15) is 0 Å². The zero-order chi connectivity index (χ0) is 19.8. The predicted molar refractivity (Wildman–Crippen MR) is 111 cm³/mol. The van der Waals surface area contributed by atoms with Crippen LogP contribution in [0.2, 0.25) is 0 Å². The van der Waals surface area contributed by atoms with E-state index in [2.05, 4.69) is 11.5 Å². The molecule has 3 aliphatic rings. The van der Waals surface area contributed by atoms with E-state index in [1.807, 2.05) is 39.0 Å². The molecule has 3 unspecified atom stereocenters. The van der Waals surface area contributed by atoms with E-state index < -0.39 is 0 Å². The van der Waals surface area contributed by atoms with Gasteiger partial charge in [0.2, 0.25) is 0 Å². The number of carbonyl (C=O) groups excluding carboxylic acids is 1. The Kier molecular flexibility index (Phi) is 8.42. The van der Waals surface area contributed by atoms with Crippen molar-refractivity contribution < 1.29 is 9.53 Å². The Hall–Kier alpha value is -1.75. The average molecular weight is 376 g/mol. The van der Waals surface area contributed by atoms with Crippen molar-refractivity contribution in [2.24, 2.45) is 17.6 Å². The first-order valence-corrected chi connectivity index (χ1v) is 10.6. The van der Waals surface area contributed by atoms with E-state index in [0.717, 1.165) is 36.3 Å². The molecule has 5 heteroatoms. The number of allylic oxidation sites excluding steroid dienone is 3. The Bertz CT molecular complexity index is 570. The molecule has 27 heavy (non-hydrogen) atoms. The molecule has 0 radical (unpaired) electrons. The third-order valence-corrected chi connectivity index (χ3v) is 5.89. The summed E-state index contributed by atoms with van der Waals surface area (Å²) in [6.07, 6.45) is 12.2. The maximum absolute atomic E-state index is 12.0. The van der Waals surface area contributed by atoms with Crippen LogP contribution in [0.15, 0.2) is 36.2 Å². The van der Waals surface area contributed by atoms with Gasteiger partial charge in [0.15, 0.2) is 0 Å². The first kappa shape index (κ1) is 21.5. The SMILES string of the molecule is C=C(/C=C\C(=C/C)N1CC(CN)OC1=O)N1CCC2CCCCC2C1.CC. The molecule has 2 heterocycles. The van der Waals surface area contributed by atoms with Crippen LogP contribution in [0.5, 0.6) is 0 Å². The minimum atomic E-state index is -0.318. The van der Waals surface area contributed by atoms with Crippen LogP contribution in [0.1, 0.15) is 52.9 Å². The molecule has 1 aliphatic carbocycles. The largest absolute Gasteiger partial charge is 0.443 e. The van der Waals surface area contributed by atoms with E-state index in [9.17, 15) is 4.79 Å². The van der Waals surface area contributed by atoms with Gasteiger partial charge >= 0.3 is 6.09 Å². The number of carbonyl (C=O) groups is 1. The van der Waals surface area contributed by atoms with E-state index in [1.165, 1.54) is 32.1 Å². The monoisotopic (exact) mass is 375 g/mol. The third-order valence-electron chi connectivity index (χ3n) is 5.89. The highest BCUT2D eigenvalue weighted by Crippen LogP contribution is 2.37. The minimum Gasteiger partial charge on any atom is -0.443 e. The van der Waals surface area contributed by atoms with Gasteiger partial charge in [0.25, 0.3) is 0 Å². The molecule has 1 amide bonds. The molecule has 152 valence electrons. The van der Waals surface area contributed by atoms with Gasteiger partial charge in [0, 0.05) is 31.0 Å². The molecule has 3 atom stereocenters. The highest BCUT2D eigenvalue weighted by molar-refractivity contribution is 5.73. The summed E-state index contributed by atoms with van der Waals surface area (Å²) < 4.78 is 5.24. The second kappa shape index (κ2) is 10.5. The second-order valence-corrected chi connectivity index (χ2v) is 7.43. The molecule has 3 rings (SSSR count). The zero-order valence-corrected chi connectivity index (χ0v) is 17.3. The number of nitrogens with zero attached hydrogens (tertiary/aromatic N) is 2. The Morgan fingerprint density at radius 3 is 2.52 bits per heavy atom. The van der Waals surface area contributed by atoms with Crippen molar-refractivity contribution in [3.8, 4) is 0 Å². The standard InChI is InChI=1S/C20H31N3O2.C2H6/c1-3-18(23-14-19(12-21)25-20(23)24)9-8-15(2)22-11-10-16-6-4-5-7-17(16)13-22;1-2/h3,8-9,16-17,19H,2,4-7,10-14,21H2,1H3;1-2H3/b9-8-,18-3+;. The van der Waals surface area contributed by atoms with Gasteiger partial charge in [-0.1, -0.05) is 45.8 Å². The Morgan fingerprint density at radius 1 is 1.19 bits per heavy atom. The predicted octanol–water partition coefficient (Wildman–Crippen LogP) is 4.28. The third kappa shape index (κ3) is 5.38. The fourth-order valence-electron chi connectivity index (χ4n) is 4.35. The topological polar surface area (TPSA) is 58.8 Å². The Labute approximate surface area is 164 Å². The number of hydrogen-bond donors (Lipinski definition) is 1. The molecule has 0 aromatic carbocycles. The van der Waals surface area contributed by atoms with Crippen LogP contribution in [0, 0.1) is 11.8 Å². The average Bonchev–Trinajstić information content (AvgIpc) is 3.10. The number of fused-ring (bicyclic) bond motifs is 1. The number of nitrogens with two attached hydrogens (primary N) is 1. The normalized spacial score (nSPS) is 28.5. The molecule has 0 spiro atoms.